The third-order valence-electron chi connectivity index (χ3n) is 6.23. The second-order valence-corrected chi connectivity index (χ2v) is 8.45. The number of carbonyl (C=O) groups is 2. The molecular weight excluding hydrogens is 404 g/mol. The fourth-order valence-corrected chi connectivity index (χ4v) is 4.56. The number of carbonyl (C=O) groups excluding carboxylic acids is 2. The van der Waals surface area contributed by atoms with E-state index in [9.17, 15) is 9.59 Å². The van der Waals surface area contributed by atoms with Gasteiger partial charge in [0.1, 0.15) is 5.75 Å². The lowest BCUT2D eigenvalue weighted by molar-refractivity contribution is -0.122. The Kier molecular flexibility index (Phi) is 6.73. The van der Waals surface area contributed by atoms with E-state index >= 15 is 0 Å². The van der Waals surface area contributed by atoms with Gasteiger partial charge in [-0.1, -0.05) is 30.3 Å². The lowest BCUT2D eigenvalue weighted by atomic mass is 9.83. The van der Waals surface area contributed by atoms with Crippen molar-refractivity contribution in [1.29, 1.82) is 0 Å². The summed E-state index contributed by atoms with van der Waals surface area (Å²) in [6.07, 6.45) is 7.42. The Morgan fingerprint density at radius 3 is 2.78 bits per heavy atom. The van der Waals surface area contributed by atoms with Crippen LogP contribution in [-0.2, 0) is 22.6 Å². The molecule has 1 aliphatic rings. The van der Waals surface area contributed by atoms with Gasteiger partial charge in [0, 0.05) is 49.2 Å². The summed E-state index contributed by atoms with van der Waals surface area (Å²) in [5.74, 6) is 0.913. The molecular formula is C25H30N4O3. The van der Waals surface area contributed by atoms with Gasteiger partial charge in [0.15, 0.2) is 0 Å². The van der Waals surface area contributed by atoms with Crippen LogP contribution in [0.2, 0.25) is 0 Å². The van der Waals surface area contributed by atoms with Crippen LogP contribution in [0.5, 0.6) is 5.75 Å². The summed E-state index contributed by atoms with van der Waals surface area (Å²) in [5.41, 5.74) is 0.754. The van der Waals surface area contributed by atoms with Crippen molar-refractivity contribution >= 4 is 22.6 Å². The van der Waals surface area contributed by atoms with Gasteiger partial charge < -0.3 is 15.4 Å². The van der Waals surface area contributed by atoms with Crippen molar-refractivity contribution < 1.29 is 14.3 Å². The first-order valence-corrected chi connectivity index (χ1v) is 11.2. The van der Waals surface area contributed by atoms with Crippen molar-refractivity contribution in [1.82, 2.24) is 20.4 Å². The number of hydrogen-bond acceptors (Lipinski definition) is 4. The highest BCUT2D eigenvalue weighted by molar-refractivity contribution is 5.91. The van der Waals surface area contributed by atoms with Crippen molar-refractivity contribution in [2.24, 2.45) is 0 Å². The van der Waals surface area contributed by atoms with Crippen molar-refractivity contribution in [2.75, 3.05) is 13.7 Å². The maximum absolute atomic E-state index is 12.5. The highest BCUT2D eigenvalue weighted by atomic mass is 16.5. The predicted octanol–water partition coefficient (Wildman–Crippen LogP) is 3.22. The van der Waals surface area contributed by atoms with E-state index in [1.165, 1.54) is 0 Å². The first-order valence-electron chi connectivity index (χ1n) is 11.2. The van der Waals surface area contributed by atoms with Crippen molar-refractivity contribution in [3.63, 3.8) is 0 Å². The van der Waals surface area contributed by atoms with Gasteiger partial charge in [-0.05, 0) is 48.8 Å². The molecule has 1 aromatic heterocycles. The van der Waals surface area contributed by atoms with E-state index in [0.29, 0.717) is 32.2 Å². The third kappa shape index (κ3) is 5.10. The van der Waals surface area contributed by atoms with Crippen molar-refractivity contribution in [3.05, 3.63) is 60.4 Å². The van der Waals surface area contributed by atoms with Gasteiger partial charge in [-0.15, -0.1) is 0 Å². The number of methoxy groups -OCH3 is 1. The topological polar surface area (TPSA) is 85.2 Å². The first kappa shape index (κ1) is 21.9. The lowest BCUT2D eigenvalue weighted by Crippen LogP contribution is -2.44. The zero-order chi connectivity index (χ0) is 22.4. The van der Waals surface area contributed by atoms with E-state index in [4.69, 9.17) is 4.74 Å². The average molecular weight is 435 g/mol. The van der Waals surface area contributed by atoms with Crippen LogP contribution >= 0.6 is 0 Å². The minimum absolute atomic E-state index is 0.0191. The van der Waals surface area contributed by atoms with Gasteiger partial charge in [-0.3, -0.25) is 14.3 Å². The van der Waals surface area contributed by atoms with E-state index in [0.717, 1.165) is 41.5 Å². The summed E-state index contributed by atoms with van der Waals surface area (Å²) in [6.45, 7) is 1.39. The number of ether oxygens (including phenoxy) is 1. The number of aryl methyl sites for hydroxylation is 1. The number of fused-ring (bicyclic) bond motifs is 1. The van der Waals surface area contributed by atoms with Crippen molar-refractivity contribution in [3.8, 4) is 5.75 Å². The van der Waals surface area contributed by atoms with Gasteiger partial charge in [0.05, 0.1) is 7.11 Å². The van der Waals surface area contributed by atoms with Crippen LogP contribution in [0.15, 0.2) is 54.9 Å². The monoisotopic (exact) mass is 434 g/mol. The van der Waals surface area contributed by atoms with Gasteiger partial charge >= 0.3 is 0 Å². The molecule has 0 saturated carbocycles. The minimum atomic E-state index is -0.402. The van der Waals surface area contributed by atoms with E-state index in [1.807, 2.05) is 41.2 Å². The van der Waals surface area contributed by atoms with Crippen LogP contribution in [-0.4, -0.2) is 40.8 Å². The normalized spacial score (nSPS) is 18.0. The standard InChI is InChI=1S/C25H30N4O3/c1-32-22-9-8-19(20-6-2-3-7-21(20)22)18-25(13-11-24(31)28-25)12-10-23(30)26-14-4-16-29-17-5-15-27-29/h2-3,5-9,15,17H,4,10-14,16,18H2,1H3,(H,26,30)(H,28,31). The van der Waals surface area contributed by atoms with Gasteiger partial charge in [0.25, 0.3) is 0 Å². The van der Waals surface area contributed by atoms with Crippen molar-refractivity contribution in [2.45, 2.75) is 50.6 Å². The lowest BCUT2D eigenvalue weighted by Gasteiger charge is -2.30. The number of amides is 2. The van der Waals surface area contributed by atoms with Crippen LogP contribution in [0.4, 0.5) is 0 Å². The molecule has 2 heterocycles. The second-order valence-electron chi connectivity index (χ2n) is 8.45. The van der Waals surface area contributed by atoms with Gasteiger partial charge in [-0.2, -0.15) is 5.10 Å². The molecule has 7 heteroatoms. The van der Waals surface area contributed by atoms with Crippen LogP contribution < -0.4 is 15.4 Å². The molecule has 3 aromatic rings. The molecule has 0 radical (unpaired) electrons. The summed E-state index contributed by atoms with van der Waals surface area (Å²) in [4.78, 5) is 24.6. The number of aromatic nitrogens is 2. The molecule has 7 nitrogen and oxygen atoms in total. The van der Waals surface area contributed by atoms with Crippen LogP contribution in [0.3, 0.4) is 0 Å². The molecule has 1 aliphatic heterocycles. The maximum atomic E-state index is 12.5. The van der Waals surface area contributed by atoms with Crippen LogP contribution in [0.1, 0.15) is 37.7 Å². The van der Waals surface area contributed by atoms with Gasteiger partial charge in [-0.25, -0.2) is 0 Å². The Hall–Kier alpha value is -3.35. The molecule has 0 aliphatic carbocycles. The van der Waals surface area contributed by atoms with E-state index in [2.05, 4.69) is 27.9 Å². The molecule has 4 rings (SSSR count). The molecule has 1 fully saturated rings. The quantitative estimate of drug-likeness (QED) is 0.480. The Labute approximate surface area is 188 Å². The Bertz CT molecular complexity index is 1080. The molecule has 32 heavy (non-hydrogen) atoms. The smallest absolute Gasteiger partial charge is 0.220 e. The maximum Gasteiger partial charge on any atom is 0.220 e. The largest absolute Gasteiger partial charge is 0.496 e. The number of hydrogen-bond donors (Lipinski definition) is 2. The van der Waals surface area contributed by atoms with Crippen LogP contribution in [0.25, 0.3) is 10.8 Å². The first-order chi connectivity index (χ1) is 15.6. The summed E-state index contributed by atoms with van der Waals surface area (Å²) < 4.78 is 7.37. The van der Waals surface area contributed by atoms with E-state index in [1.54, 1.807) is 13.3 Å². The highest BCUT2D eigenvalue weighted by Crippen LogP contribution is 2.34. The minimum Gasteiger partial charge on any atom is -0.496 e. The summed E-state index contributed by atoms with van der Waals surface area (Å²) >= 11 is 0. The molecule has 0 bridgehead atoms. The van der Waals surface area contributed by atoms with E-state index in [-0.39, 0.29) is 11.8 Å². The molecule has 1 unspecified atom stereocenters. The van der Waals surface area contributed by atoms with E-state index < -0.39 is 5.54 Å². The number of nitrogens with zero attached hydrogens (tertiary/aromatic N) is 2. The Balaban J connectivity index is 1.39. The van der Waals surface area contributed by atoms with Crippen LogP contribution in [0, 0.1) is 0 Å². The number of benzene rings is 2. The Morgan fingerprint density at radius 2 is 2.06 bits per heavy atom. The predicted molar refractivity (Wildman–Crippen MR) is 123 cm³/mol. The molecule has 1 atom stereocenters. The zero-order valence-electron chi connectivity index (χ0n) is 18.5. The molecule has 2 amide bonds. The second kappa shape index (κ2) is 9.85. The van der Waals surface area contributed by atoms with Gasteiger partial charge in [0.2, 0.25) is 11.8 Å². The molecule has 168 valence electrons. The molecule has 2 aromatic carbocycles. The fourth-order valence-electron chi connectivity index (χ4n) is 4.56. The summed E-state index contributed by atoms with van der Waals surface area (Å²) in [7, 11) is 1.67. The molecule has 2 N–H and O–H groups in total. The number of nitrogens with one attached hydrogen (secondary N) is 2. The average Bonchev–Trinajstić information content (AvgIpc) is 3.46. The zero-order valence-corrected chi connectivity index (χ0v) is 18.5. The third-order valence-corrected chi connectivity index (χ3v) is 6.23. The number of rotatable bonds is 10. The molecule has 1 saturated heterocycles. The SMILES string of the molecule is COc1ccc(CC2(CCC(=O)NCCCn3cccn3)CCC(=O)N2)c2ccccc12. The Morgan fingerprint density at radius 1 is 1.22 bits per heavy atom. The molecule has 0 spiro atoms. The summed E-state index contributed by atoms with van der Waals surface area (Å²) in [6, 6.07) is 14.1. The highest BCUT2D eigenvalue weighted by Gasteiger charge is 2.38. The summed E-state index contributed by atoms with van der Waals surface area (Å²) in [5, 5.41) is 12.5. The fraction of sp³-hybridized carbons (Fsp3) is 0.400.